The summed E-state index contributed by atoms with van der Waals surface area (Å²) in [6.45, 7) is 2.74. The molecule has 0 radical (unpaired) electrons. The van der Waals surface area contributed by atoms with Crippen LogP contribution < -0.4 is 10.2 Å². The number of carbonyl (C=O) groups is 1. The summed E-state index contributed by atoms with van der Waals surface area (Å²) >= 11 is 11.9. The molecule has 2 aromatic rings. The van der Waals surface area contributed by atoms with Gasteiger partial charge in [-0.2, -0.15) is 0 Å². The SMILES string of the molecule is O=C(Nc1ccc(N2CCCC2)cc1)[C@H]1CCCN(S(=O)(=O)Cc2ccc(Cl)c(Cl)c2)C1. The van der Waals surface area contributed by atoms with E-state index in [0.717, 1.165) is 24.5 Å². The number of halogens is 2. The molecule has 2 aromatic carbocycles. The second-order valence-electron chi connectivity index (χ2n) is 8.43. The van der Waals surface area contributed by atoms with Crippen molar-refractivity contribution < 1.29 is 13.2 Å². The minimum Gasteiger partial charge on any atom is -0.372 e. The first-order valence-corrected chi connectivity index (χ1v) is 13.3. The Balaban J connectivity index is 1.37. The summed E-state index contributed by atoms with van der Waals surface area (Å²) in [6.07, 6.45) is 3.73. The van der Waals surface area contributed by atoms with Crippen LogP contribution in [0.1, 0.15) is 31.2 Å². The predicted octanol–water partition coefficient (Wildman–Crippen LogP) is 4.77. The smallest absolute Gasteiger partial charge is 0.228 e. The van der Waals surface area contributed by atoms with Gasteiger partial charge in [-0.15, -0.1) is 0 Å². The van der Waals surface area contributed by atoms with Gasteiger partial charge in [-0.1, -0.05) is 29.3 Å². The number of nitrogens with zero attached hydrogens (tertiary/aromatic N) is 2. The third kappa shape index (κ3) is 5.57. The number of benzene rings is 2. The van der Waals surface area contributed by atoms with Crippen molar-refractivity contribution in [1.82, 2.24) is 4.31 Å². The van der Waals surface area contributed by atoms with Gasteiger partial charge in [-0.3, -0.25) is 4.79 Å². The highest BCUT2D eigenvalue weighted by molar-refractivity contribution is 7.88. The molecule has 0 aromatic heterocycles. The van der Waals surface area contributed by atoms with Crippen LogP contribution in [0.5, 0.6) is 0 Å². The highest BCUT2D eigenvalue weighted by atomic mass is 35.5. The average Bonchev–Trinajstić information content (AvgIpc) is 3.32. The molecule has 0 unspecified atom stereocenters. The Hall–Kier alpha value is -1.80. The van der Waals surface area contributed by atoms with Crippen LogP contribution in [0.4, 0.5) is 11.4 Å². The normalized spacial score (nSPS) is 19.8. The minimum absolute atomic E-state index is 0.145. The van der Waals surface area contributed by atoms with Crippen molar-refractivity contribution in [3.8, 4) is 0 Å². The number of carbonyl (C=O) groups excluding carboxylic acids is 1. The second kappa shape index (κ2) is 10.00. The fourth-order valence-corrected chi connectivity index (χ4v) is 6.23. The highest BCUT2D eigenvalue weighted by Crippen LogP contribution is 2.27. The summed E-state index contributed by atoms with van der Waals surface area (Å²) in [4.78, 5) is 15.2. The first-order chi connectivity index (χ1) is 15.3. The molecule has 1 amide bonds. The number of hydrogen-bond acceptors (Lipinski definition) is 4. The molecule has 1 N–H and O–H groups in total. The molecule has 0 bridgehead atoms. The summed E-state index contributed by atoms with van der Waals surface area (Å²) in [7, 11) is -3.57. The standard InChI is InChI=1S/C23H27Cl2N3O3S/c24-21-10-5-17(14-22(21)25)16-32(30,31)28-13-3-4-18(15-28)23(29)26-19-6-8-20(9-7-19)27-11-1-2-12-27/h5-10,14,18H,1-4,11-13,15-16H2,(H,26,29)/t18-/m0/s1. The Kier molecular flexibility index (Phi) is 7.30. The van der Waals surface area contributed by atoms with Gasteiger partial charge in [0.05, 0.1) is 21.7 Å². The Bertz CT molecular complexity index is 1070. The molecule has 0 saturated carbocycles. The lowest BCUT2D eigenvalue weighted by molar-refractivity contribution is -0.120. The van der Waals surface area contributed by atoms with E-state index in [-0.39, 0.29) is 24.1 Å². The lowest BCUT2D eigenvalue weighted by atomic mass is 9.98. The third-order valence-electron chi connectivity index (χ3n) is 6.09. The van der Waals surface area contributed by atoms with Gasteiger partial charge in [0, 0.05) is 37.6 Å². The van der Waals surface area contributed by atoms with Gasteiger partial charge in [0.2, 0.25) is 15.9 Å². The minimum atomic E-state index is -3.57. The van der Waals surface area contributed by atoms with E-state index in [0.29, 0.717) is 35.0 Å². The number of amides is 1. The van der Waals surface area contributed by atoms with Crippen molar-refractivity contribution in [3.05, 3.63) is 58.1 Å². The lowest BCUT2D eigenvalue weighted by Crippen LogP contribution is -2.44. The van der Waals surface area contributed by atoms with Crippen molar-refractivity contribution in [2.45, 2.75) is 31.4 Å². The summed E-state index contributed by atoms with van der Waals surface area (Å²) in [6, 6.07) is 12.7. The van der Waals surface area contributed by atoms with Gasteiger partial charge in [0.15, 0.2) is 0 Å². The van der Waals surface area contributed by atoms with Gasteiger partial charge in [0.25, 0.3) is 0 Å². The highest BCUT2D eigenvalue weighted by Gasteiger charge is 2.32. The van der Waals surface area contributed by atoms with Crippen LogP contribution >= 0.6 is 23.2 Å². The number of anilines is 2. The van der Waals surface area contributed by atoms with Crippen molar-refractivity contribution >= 4 is 50.5 Å². The molecule has 2 heterocycles. The number of nitrogens with one attached hydrogen (secondary N) is 1. The van der Waals surface area contributed by atoms with E-state index in [1.54, 1.807) is 18.2 Å². The van der Waals surface area contributed by atoms with Gasteiger partial charge in [-0.05, 0) is 67.6 Å². The zero-order chi connectivity index (χ0) is 22.7. The first kappa shape index (κ1) is 23.4. The molecule has 6 nitrogen and oxygen atoms in total. The monoisotopic (exact) mass is 495 g/mol. The van der Waals surface area contributed by atoms with E-state index in [4.69, 9.17) is 23.2 Å². The van der Waals surface area contributed by atoms with E-state index in [9.17, 15) is 13.2 Å². The predicted molar refractivity (Wildman–Crippen MR) is 130 cm³/mol. The van der Waals surface area contributed by atoms with Crippen LogP contribution in [-0.2, 0) is 20.6 Å². The molecule has 32 heavy (non-hydrogen) atoms. The maximum Gasteiger partial charge on any atom is 0.228 e. The van der Waals surface area contributed by atoms with Crippen molar-refractivity contribution in [1.29, 1.82) is 0 Å². The summed E-state index contributed by atoms with van der Waals surface area (Å²) < 4.78 is 27.3. The molecule has 1 atom stereocenters. The number of sulfonamides is 1. The quantitative estimate of drug-likeness (QED) is 0.626. The molecular weight excluding hydrogens is 469 g/mol. The van der Waals surface area contributed by atoms with Gasteiger partial charge >= 0.3 is 0 Å². The van der Waals surface area contributed by atoms with Crippen LogP contribution in [0.15, 0.2) is 42.5 Å². The zero-order valence-corrected chi connectivity index (χ0v) is 20.1. The largest absolute Gasteiger partial charge is 0.372 e. The van der Waals surface area contributed by atoms with E-state index in [1.165, 1.54) is 17.1 Å². The topological polar surface area (TPSA) is 69.7 Å². The van der Waals surface area contributed by atoms with Crippen molar-refractivity contribution in [2.75, 3.05) is 36.4 Å². The van der Waals surface area contributed by atoms with Crippen LogP contribution in [0.25, 0.3) is 0 Å². The molecule has 2 saturated heterocycles. The van der Waals surface area contributed by atoms with E-state index in [2.05, 4.69) is 10.2 Å². The second-order valence-corrected chi connectivity index (χ2v) is 11.2. The number of piperidine rings is 1. The fraction of sp³-hybridized carbons (Fsp3) is 0.435. The average molecular weight is 496 g/mol. The Labute approximate surface area is 199 Å². The Morgan fingerprint density at radius 1 is 0.969 bits per heavy atom. The lowest BCUT2D eigenvalue weighted by Gasteiger charge is -2.31. The van der Waals surface area contributed by atoms with Crippen LogP contribution in [-0.4, -0.2) is 44.8 Å². The molecule has 2 aliphatic heterocycles. The number of rotatable bonds is 6. The number of hydrogen-bond donors (Lipinski definition) is 1. The third-order valence-corrected chi connectivity index (χ3v) is 8.64. The Morgan fingerprint density at radius 2 is 1.69 bits per heavy atom. The summed E-state index contributed by atoms with van der Waals surface area (Å²) in [5.41, 5.74) is 2.47. The Morgan fingerprint density at radius 3 is 2.38 bits per heavy atom. The van der Waals surface area contributed by atoms with Crippen molar-refractivity contribution in [2.24, 2.45) is 5.92 Å². The van der Waals surface area contributed by atoms with E-state index >= 15 is 0 Å². The zero-order valence-electron chi connectivity index (χ0n) is 17.8. The molecule has 4 rings (SSSR count). The van der Waals surface area contributed by atoms with Gasteiger partial charge in [-0.25, -0.2) is 12.7 Å². The maximum atomic E-state index is 13.0. The molecular formula is C23H27Cl2N3O3S. The van der Waals surface area contributed by atoms with Gasteiger partial charge < -0.3 is 10.2 Å². The maximum absolute atomic E-state index is 13.0. The van der Waals surface area contributed by atoms with Crippen LogP contribution in [0.2, 0.25) is 10.0 Å². The van der Waals surface area contributed by atoms with Crippen LogP contribution in [0.3, 0.4) is 0 Å². The molecule has 9 heteroatoms. The molecule has 0 spiro atoms. The molecule has 2 aliphatic rings. The molecule has 0 aliphatic carbocycles. The molecule has 2 fully saturated rings. The van der Waals surface area contributed by atoms with Crippen LogP contribution in [0, 0.1) is 5.92 Å². The molecule has 172 valence electrons. The first-order valence-electron chi connectivity index (χ1n) is 10.9. The fourth-order valence-electron chi connectivity index (χ4n) is 4.32. The summed E-state index contributed by atoms with van der Waals surface area (Å²) in [5.74, 6) is -0.699. The van der Waals surface area contributed by atoms with Gasteiger partial charge in [0.1, 0.15) is 0 Å². The van der Waals surface area contributed by atoms with E-state index in [1.807, 2.05) is 24.3 Å². The van der Waals surface area contributed by atoms with Crippen molar-refractivity contribution in [3.63, 3.8) is 0 Å². The van der Waals surface area contributed by atoms with E-state index < -0.39 is 10.0 Å². The summed E-state index contributed by atoms with van der Waals surface area (Å²) in [5, 5.41) is 3.66.